The number of nitrogens with zero attached hydrogens (tertiary/aromatic N) is 2. The lowest BCUT2D eigenvalue weighted by atomic mass is 9.99. The lowest BCUT2D eigenvalue weighted by Crippen LogP contribution is -2.36. The molecule has 0 saturated carbocycles. The Morgan fingerprint density at radius 2 is 1.21 bits per heavy atom. The van der Waals surface area contributed by atoms with Gasteiger partial charge in [-0.25, -0.2) is 9.13 Å². The molecule has 142 valence electrons. The number of hydrogen-bond donors (Lipinski definition) is 0. The number of rotatable bonds is 4. The Bertz CT molecular complexity index is 1190. The molecule has 2 nitrogen and oxygen atoms in total. The van der Waals surface area contributed by atoms with Crippen LogP contribution in [0.1, 0.15) is 37.1 Å². The van der Waals surface area contributed by atoms with Gasteiger partial charge < -0.3 is 0 Å². The van der Waals surface area contributed by atoms with Crippen molar-refractivity contribution < 1.29 is 4.57 Å². The quantitative estimate of drug-likeness (QED) is 0.325. The highest BCUT2D eigenvalue weighted by Crippen LogP contribution is 2.27. The molecule has 0 spiro atoms. The van der Waals surface area contributed by atoms with Crippen molar-refractivity contribution in [2.24, 2.45) is 0 Å². The standard InChI is InChI=1S/C27H25N2/c1-20(24-15-7-11-22-9-3-5-13-26(22)24)28-17-18-29(19-28)21(2)25-16-8-12-23-10-4-6-14-27(23)25/h3-21H,1-2H3/q+1. The summed E-state index contributed by atoms with van der Waals surface area (Å²) in [7, 11) is 0. The van der Waals surface area contributed by atoms with Crippen molar-refractivity contribution in [3.05, 3.63) is 115 Å². The van der Waals surface area contributed by atoms with E-state index in [-0.39, 0.29) is 12.1 Å². The van der Waals surface area contributed by atoms with E-state index in [2.05, 4.69) is 127 Å². The van der Waals surface area contributed by atoms with Gasteiger partial charge in [0.05, 0.1) is 0 Å². The third kappa shape index (κ3) is 3.11. The fourth-order valence-electron chi connectivity index (χ4n) is 4.39. The van der Waals surface area contributed by atoms with Crippen molar-refractivity contribution in [3.63, 3.8) is 0 Å². The molecule has 4 aromatic carbocycles. The van der Waals surface area contributed by atoms with Crippen LogP contribution in [0, 0.1) is 0 Å². The van der Waals surface area contributed by atoms with Crippen LogP contribution in [-0.4, -0.2) is 4.57 Å². The van der Waals surface area contributed by atoms with Gasteiger partial charge in [-0.15, -0.1) is 0 Å². The monoisotopic (exact) mass is 377 g/mol. The predicted octanol–water partition coefficient (Wildman–Crippen LogP) is 6.30. The maximum Gasteiger partial charge on any atom is 0.244 e. The van der Waals surface area contributed by atoms with Crippen LogP contribution >= 0.6 is 0 Å². The first-order valence-electron chi connectivity index (χ1n) is 10.3. The van der Waals surface area contributed by atoms with Gasteiger partial charge in [0.2, 0.25) is 6.33 Å². The van der Waals surface area contributed by atoms with E-state index in [1.807, 2.05) is 0 Å². The predicted molar refractivity (Wildman–Crippen MR) is 120 cm³/mol. The van der Waals surface area contributed by atoms with Crippen LogP contribution in [0.3, 0.4) is 0 Å². The summed E-state index contributed by atoms with van der Waals surface area (Å²) in [5.41, 5.74) is 2.70. The Morgan fingerprint density at radius 1 is 0.655 bits per heavy atom. The summed E-state index contributed by atoms with van der Waals surface area (Å²) in [5, 5.41) is 5.23. The number of hydrogen-bond acceptors (Lipinski definition) is 0. The Hall–Kier alpha value is -3.39. The molecule has 0 amide bonds. The second-order valence-electron chi connectivity index (χ2n) is 7.80. The minimum atomic E-state index is 0.266. The average molecular weight is 378 g/mol. The maximum atomic E-state index is 2.31. The summed E-state index contributed by atoms with van der Waals surface area (Å²) in [5.74, 6) is 0. The second-order valence-corrected chi connectivity index (χ2v) is 7.80. The van der Waals surface area contributed by atoms with Crippen molar-refractivity contribution >= 4 is 21.5 Å². The third-order valence-electron chi connectivity index (χ3n) is 6.12. The van der Waals surface area contributed by atoms with E-state index < -0.39 is 0 Å². The largest absolute Gasteiger partial charge is 0.244 e. The number of imidazole rings is 1. The summed E-state index contributed by atoms with van der Waals surface area (Å²) in [6.45, 7) is 4.55. The molecule has 1 heterocycles. The molecule has 29 heavy (non-hydrogen) atoms. The SMILES string of the molecule is CC(c1cccc2ccccc12)n1cc[n+](C(C)c2cccc3ccccc23)c1. The molecule has 2 heteroatoms. The van der Waals surface area contributed by atoms with Crippen LogP contribution in [-0.2, 0) is 0 Å². The molecule has 5 rings (SSSR count). The molecule has 1 aromatic heterocycles. The Kier molecular flexibility index (Phi) is 4.40. The summed E-state index contributed by atoms with van der Waals surface area (Å²) in [6.07, 6.45) is 6.61. The molecule has 0 fully saturated rings. The van der Waals surface area contributed by atoms with Crippen LogP contribution in [0.15, 0.2) is 104 Å². The fraction of sp³-hybridized carbons (Fsp3) is 0.148. The zero-order valence-electron chi connectivity index (χ0n) is 16.9. The van der Waals surface area contributed by atoms with Gasteiger partial charge in [-0.1, -0.05) is 84.9 Å². The zero-order chi connectivity index (χ0) is 19.8. The lowest BCUT2D eigenvalue weighted by molar-refractivity contribution is -0.709. The normalized spacial score (nSPS) is 13.6. The van der Waals surface area contributed by atoms with Crippen LogP contribution in [0.2, 0.25) is 0 Å². The molecule has 0 radical (unpaired) electrons. The van der Waals surface area contributed by atoms with E-state index in [4.69, 9.17) is 0 Å². The van der Waals surface area contributed by atoms with Crippen molar-refractivity contribution in [2.75, 3.05) is 0 Å². The van der Waals surface area contributed by atoms with Crippen LogP contribution in [0.5, 0.6) is 0 Å². The van der Waals surface area contributed by atoms with Gasteiger partial charge in [0, 0.05) is 11.1 Å². The molecule has 2 atom stereocenters. The number of fused-ring (bicyclic) bond motifs is 2. The smallest absolute Gasteiger partial charge is 0.230 e. The van der Waals surface area contributed by atoms with Crippen molar-refractivity contribution in [2.45, 2.75) is 25.9 Å². The van der Waals surface area contributed by atoms with Crippen molar-refractivity contribution in [1.29, 1.82) is 0 Å². The van der Waals surface area contributed by atoms with Crippen LogP contribution in [0.4, 0.5) is 0 Å². The van der Waals surface area contributed by atoms with E-state index in [0.29, 0.717) is 0 Å². The van der Waals surface area contributed by atoms with Gasteiger partial charge in [0.1, 0.15) is 24.5 Å². The van der Waals surface area contributed by atoms with Gasteiger partial charge >= 0.3 is 0 Å². The molecule has 5 aromatic rings. The molecule has 0 bridgehead atoms. The van der Waals surface area contributed by atoms with E-state index in [1.54, 1.807) is 0 Å². The number of aromatic nitrogens is 2. The van der Waals surface area contributed by atoms with Gasteiger partial charge in [-0.2, -0.15) is 0 Å². The molecule has 0 aliphatic rings. The van der Waals surface area contributed by atoms with Gasteiger partial charge in [-0.05, 0) is 35.4 Å². The van der Waals surface area contributed by atoms with Crippen molar-refractivity contribution in [1.82, 2.24) is 4.57 Å². The van der Waals surface area contributed by atoms with Crippen molar-refractivity contribution in [3.8, 4) is 0 Å². The zero-order valence-corrected chi connectivity index (χ0v) is 16.9. The summed E-state index contributed by atoms with van der Waals surface area (Å²) >= 11 is 0. The minimum Gasteiger partial charge on any atom is -0.230 e. The summed E-state index contributed by atoms with van der Waals surface area (Å²) < 4.78 is 4.62. The van der Waals surface area contributed by atoms with Gasteiger partial charge in [0.15, 0.2) is 0 Å². The first kappa shape index (κ1) is 17.7. The summed E-state index contributed by atoms with van der Waals surface area (Å²) in [6, 6.07) is 31.0. The fourth-order valence-corrected chi connectivity index (χ4v) is 4.39. The summed E-state index contributed by atoms with van der Waals surface area (Å²) in [4.78, 5) is 0. The van der Waals surface area contributed by atoms with Crippen LogP contribution in [0.25, 0.3) is 21.5 Å². The van der Waals surface area contributed by atoms with Gasteiger partial charge in [0.25, 0.3) is 0 Å². The molecule has 2 unspecified atom stereocenters. The Labute approximate surface area is 171 Å². The highest BCUT2D eigenvalue weighted by Gasteiger charge is 2.20. The second kappa shape index (κ2) is 7.21. The average Bonchev–Trinajstić information content (AvgIpc) is 3.28. The van der Waals surface area contributed by atoms with Crippen LogP contribution < -0.4 is 4.57 Å². The topological polar surface area (TPSA) is 8.81 Å². The minimum absolute atomic E-state index is 0.266. The molecule has 0 aliphatic heterocycles. The molecular formula is C27H25N2+. The Balaban J connectivity index is 1.51. The van der Waals surface area contributed by atoms with E-state index in [9.17, 15) is 0 Å². The first-order chi connectivity index (χ1) is 14.2. The maximum absolute atomic E-state index is 2.31. The lowest BCUT2D eigenvalue weighted by Gasteiger charge is -2.13. The van der Waals surface area contributed by atoms with Gasteiger partial charge in [-0.3, -0.25) is 0 Å². The highest BCUT2D eigenvalue weighted by atomic mass is 15.1. The Morgan fingerprint density at radius 3 is 1.90 bits per heavy atom. The molecule has 0 aliphatic carbocycles. The first-order valence-corrected chi connectivity index (χ1v) is 10.3. The third-order valence-corrected chi connectivity index (χ3v) is 6.12. The molecule has 0 N–H and O–H groups in total. The highest BCUT2D eigenvalue weighted by molar-refractivity contribution is 5.86. The molecule has 0 saturated heterocycles. The van der Waals surface area contributed by atoms with E-state index in [0.717, 1.165) is 0 Å². The van der Waals surface area contributed by atoms with E-state index >= 15 is 0 Å². The molecular weight excluding hydrogens is 352 g/mol. The number of benzene rings is 4. The van der Waals surface area contributed by atoms with E-state index in [1.165, 1.54) is 32.7 Å².